The maximum Gasteiger partial charge on any atom is 0.269 e. The Morgan fingerprint density at radius 1 is 1.50 bits per heavy atom. The molecule has 1 aliphatic carbocycles. The number of nitrogens with one attached hydrogen (secondary N) is 1. The molecule has 1 aliphatic rings. The normalized spacial score (nSPS) is 14.8. The van der Waals surface area contributed by atoms with Gasteiger partial charge in [-0.2, -0.15) is 0 Å². The van der Waals surface area contributed by atoms with Crippen molar-refractivity contribution in [2.75, 3.05) is 11.9 Å². The zero-order chi connectivity index (χ0) is 11.5. The average Bonchev–Trinajstić information content (AvgIpc) is 3.04. The largest absolute Gasteiger partial charge is 0.385 e. The molecule has 0 saturated heterocycles. The topological polar surface area (TPSA) is 55.2 Å². The molecule has 0 amide bonds. The fourth-order valence-electron chi connectivity index (χ4n) is 1.78. The molecule has 1 saturated carbocycles. The van der Waals surface area contributed by atoms with Gasteiger partial charge < -0.3 is 5.32 Å². The molecule has 0 radical (unpaired) electrons. The number of anilines is 1. The first-order chi connectivity index (χ1) is 7.66. The van der Waals surface area contributed by atoms with Gasteiger partial charge in [-0.05, 0) is 30.9 Å². The first-order valence-electron chi connectivity index (χ1n) is 5.66. The van der Waals surface area contributed by atoms with Crippen LogP contribution >= 0.6 is 0 Å². The van der Waals surface area contributed by atoms with E-state index >= 15 is 0 Å². The van der Waals surface area contributed by atoms with Crippen LogP contribution in [-0.4, -0.2) is 11.5 Å². The number of hydrogen-bond donors (Lipinski definition) is 1. The summed E-state index contributed by atoms with van der Waals surface area (Å²) in [5, 5.41) is 13.9. The standard InChI is InChI=1S/C12H16N2O2/c1-9-8-11(14(15)16)4-5-12(9)13-7-6-10-2-3-10/h4-5,8,10,13H,2-3,6-7H2,1H3. The van der Waals surface area contributed by atoms with Crippen molar-refractivity contribution in [3.8, 4) is 0 Å². The third-order valence-corrected chi connectivity index (χ3v) is 2.99. The Morgan fingerprint density at radius 2 is 2.25 bits per heavy atom. The van der Waals surface area contributed by atoms with E-state index in [0.717, 1.165) is 23.7 Å². The fraction of sp³-hybridized carbons (Fsp3) is 0.500. The smallest absolute Gasteiger partial charge is 0.269 e. The van der Waals surface area contributed by atoms with Gasteiger partial charge in [-0.15, -0.1) is 0 Å². The van der Waals surface area contributed by atoms with E-state index in [1.165, 1.54) is 19.3 Å². The van der Waals surface area contributed by atoms with E-state index in [4.69, 9.17) is 0 Å². The van der Waals surface area contributed by atoms with Gasteiger partial charge >= 0.3 is 0 Å². The molecule has 0 aliphatic heterocycles. The quantitative estimate of drug-likeness (QED) is 0.612. The summed E-state index contributed by atoms with van der Waals surface area (Å²) in [6.45, 7) is 2.86. The van der Waals surface area contributed by atoms with Crippen molar-refractivity contribution in [2.24, 2.45) is 5.92 Å². The Labute approximate surface area is 94.8 Å². The third kappa shape index (κ3) is 2.72. The van der Waals surface area contributed by atoms with Gasteiger partial charge in [0.15, 0.2) is 0 Å². The Morgan fingerprint density at radius 3 is 2.81 bits per heavy atom. The Balaban J connectivity index is 1.95. The second kappa shape index (κ2) is 4.51. The number of non-ortho nitro benzene ring substituents is 1. The van der Waals surface area contributed by atoms with E-state index in [1.54, 1.807) is 18.2 Å². The molecule has 1 aromatic rings. The van der Waals surface area contributed by atoms with Crippen molar-refractivity contribution < 1.29 is 4.92 Å². The molecule has 0 heterocycles. The predicted octanol–water partition coefficient (Wildman–Crippen LogP) is 3.12. The molecule has 86 valence electrons. The van der Waals surface area contributed by atoms with Gasteiger partial charge in [-0.1, -0.05) is 12.8 Å². The van der Waals surface area contributed by atoms with Gasteiger partial charge in [0.2, 0.25) is 0 Å². The molecule has 0 unspecified atom stereocenters. The molecular weight excluding hydrogens is 204 g/mol. The maximum absolute atomic E-state index is 10.6. The molecule has 0 spiro atoms. The summed E-state index contributed by atoms with van der Waals surface area (Å²) in [7, 11) is 0. The van der Waals surface area contributed by atoms with Crippen LogP contribution in [-0.2, 0) is 0 Å². The Kier molecular flexibility index (Phi) is 3.08. The van der Waals surface area contributed by atoms with Crippen LogP contribution < -0.4 is 5.32 Å². The molecule has 1 aromatic carbocycles. The molecule has 2 rings (SSSR count). The van der Waals surface area contributed by atoms with Crippen LogP contribution in [0.25, 0.3) is 0 Å². The van der Waals surface area contributed by atoms with E-state index in [2.05, 4.69) is 5.32 Å². The molecule has 4 heteroatoms. The maximum atomic E-state index is 10.6. The lowest BCUT2D eigenvalue weighted by Gasteiger charge is -2.08. The first-order valence-corrected chi connectivity index (χ1v) is 5.66. The summed E-state index contributed by atoms with van der Waals surface area (Å²) in [6.07, 6.45) is 3.93. The van der Waals surface area contributed by atoms with Crippen molar-refractivity contribution >= 4 is 11.4 Å². The highest BCUT2D eigenvalue weighted by Gasteiger charge is 2.20. The van der Waals surface area contributed by atoms with E-state index < -0.39 is 0 Å². The zero-order valence-corrected chi connectivity index (χ0v) is 9.40. The highest BCUT2D eigenvalue weighted by atomic mass is 16.6. The number of nitro groups is 1. The van der Waals surface area contributed by atoms with E-state index in [1.807, 2.05) is 6.92 Å². The van der Waals surface area contributed by atoms with Gasteiger partial charge in [0.1, 0.15) is 0 Å². The van der Waals surface area contributed by atoms with Crippen LogP contribution in [0.1, 0.15) is 24.8 Å². The monoisotopic (exact) mass is 220 g/mol. The summed E-state index contributed by atoms with van der Waals surface area (Å²) < 4.78 is 0. The molecule has 16 heavy (non-hydrogen) atoms. The van der Waals surface area contributed by atoms with Crippen molar-refractivity contribution in [3.05, 3.63) is 33.9 Å². The molecule has 0 bridgehead atoms. The molecule has 0 aromatic heterocycles. The zero-order valence-electron chi connectivity index (χ0n) is 9.40. The number of nitro benzene ring substituents is 1. The number of rotatable bonds is 5. The minimum atomic E-state index is -0.360. The van der Waals surface area contributed by atoms with E-state index in [-0.39, 0.29) is 10.6 Å². The van der Waals surface area contributed by atoms with Gasteiger partial charge in [0, 0.05) is 24.4 Å². The number of nitrogens with zero attached hydrogens (tertiary/aromatic N) is 1. The Hall–Kier alpha value is -1.58. The molecular formula is C12H16N2O2. The van der Waals surface area contributed by atoms with Gasteiger partial charge in [-0.25, -0.2) is 0 Å². The van der Waals surface area contributed by atoms with Crippen LogP contribution in [0.5, 0.6) is 0 Å². The van der Waals surface area contributed by atoms with Crippen LogP contribution in [0, 0.1) is 23.0 Å². The summed E-state index contributed by atoms with van der Waals surface area (Å²) >= 11 is 0. The van der Waals surface area contributed by atoms with Gasteiger partial charge in [-0.3, -0.25) is 10.1 Å². The second-order valence-corrected chi connectivity index (χ2v) is 4.42. The lowest BCUT2D eigenvalue weighted by molar-refractivity contribution is -0.384. The van der Waals surface area contributed by atoms with Crippen LogP contribution in [0.2, 0.25) is 0 Å². The highest BCUT2D eigenvalue weighted by molar-refractivity contribution is 5.55. The minimum Gasteiger partial charge on any atom is -0.385 e. The lowest BCUT2D eigenvalue weighted by atomic mass is 10.1. The van der Waals surface area contributed by atoms with Crippen molar-refractivity contribution in [3.63, 3.8) is 0 Å². The van der Waals surface area contributed by atoms with Crippen LogP contribution in [0.3, 0.4) is 0 Å². The summed E-state index contributed by atoms with van der Waals surface area (Å²) in [6, 6.07) is 4.95. The number of hydrogen-bond acceptors (Lipinski definition) is 3. The van der Waals surface area contributed by atoms with Crippen molar-refractivity contribution in [2.45, 2.75) is 26.2 Å². The third-order valence-electron chi connectivity index (χ3n) is 2.99. The molecule has 1 fully saturated rings. The van der Waals surface area contributed by atoms with Gasteiger partial charge in [0.05, 0.1) is 4.92 Å². The summed E-state index contributed by atoms with van der Waals surface area (Å²) in [5.41, 5.74) is 2.10. The first kappa shape index (κ1) is 10.9. The Bertz CT molecular complexity index is 400. The molecule has 0 atom stereocenters. The molecule has 1 N–H and O–H groups in total. The average molecular weight is 220 g/mol. The predicted molar refractivity (Wildman–Crippen MR) is 63.7 cm³/mol. The summed E-state index contributed by atoms with van der Waals surface area (Å²) in [4.78, 5) is 10.2. The van der Waals surface area contributed by atoms with Gasteiger partial charge in [0.25, 0.3) is 5.69 Å². The van der Waals surface area contributed by atoms with E-state index in [9.17, 15) is 10.1 Å². The van der Waals surface area contributed by atoms with Crippen LogP contribution in [0.4, 0.5) is 11.4 Å². The second-order valence-electron chi connectivity index (χ2n) is 4.42. The molecule has 4 nitrogen and oxygen atoms in total. The SMILES string of the molecule is Cc1cc([N+](=O)[O-])ccc1NCCC1CC1. The number of benzene rings is 1. The van der Waals surface area contributed by atoms with Crippen molar-refractivity contribution in [1.82, 2.24) is 0 Å². The lowest BCUT2D eigenvalue weighted by Crippen LogP contribution is -2.04. The summed E-state index contributed by atoms with van der Waals surface area (Å²) in [5.74, 6) is 0.908. The number of aryl methyl sites for hydroxylation is 1. The highest BCUT2D eigenvalue weighted by Crippen LogP contribution is 2.32. The van der Waals surface area contributed by atoms with Crippen LogP contribution in [0.15, 0.2) is 18.2 Å². The van der Waals surface area contributed by atoms with Crippen molar-refractivity contribution in [1.29, 1.82) is 0 Å². The minimum absolute atomic E-state index is 0.158. The fourth-order valence-corrected chi connectivity index (χ4v) is 1.78. The van der Waals surface area contributed by atoms with E-state index in [0.29, 0.717) is 0 Å².